The third-order valence-corrected chi connectivity index (χ3v) is 3.53. The predicted octanol–water partition coefficient (Wildman–Crippen LogP) is 2.73. The van der Waals surface area contributed by atoms with Crippen LogP contribution in [0.15, 0.2) is 60.8 Å². The normalized spacial score (nSPS) is 10.6. The van der Waals surface area contributed by atoms with E-state index in [0.717, 1.165) is 27.9 Å². The Morgan fingerprint density at radius 1 is 0.773 bits per heavy atom. The molecule has 0 spiro atoms. The van der Waals surface area contributed by atoms with Gasteiger partial charge in [0.25, 0.3) is 0 Å². The van der Waals surface area contributed by atoms with Gasteiger partial charge in [-0.1, -0.05) is 36.4 Å². The first-order chi connectivity index (χ1) is 10.8. The second-order valence-corrected chi connectivity index (χ2v) is 5.07. The second-order valence-electron chi connectivity index (χ2n) is 5.07. The van der Waals surface area contributed by atoms with Crippen LogP contribution in [0, 0.1) is 0 Å². The van der Waals surface area contributed by atoms with Crippen molar-refractivity contribution in [2.45, 2.75) is 13.1 Å². The standard InChI is InChI=1S/C18H18N4/c19-11-13-3-1-5-15(9-13)17-7-8-21-18(22-17)16-6-2-4-14(10-16)12-20/h1-10H,11-12,19-20H2. The fourth-order valence-corrected chi connectivity index (χ4v) is 2.35. The van der Waals surface area contributed by atoms with E-state index in [-0.39, 0.29) is 0 Å². The van der Waals surface area contributed by atoms with Crippen LogP contribution < -0.4 is 11.5 Å². The molecule has 0 fully saturated rings. The molecule has 0 aliphatic carbocycles. The molecule has 0 radical (unpaired) electrons. The minimum Gasteiger partial charge on any atom is -0.326 e. The van der Waals surface area contributed by atoms with Gasteiger partial charge in [0.15, 0.2) is 5.82 Å². The maximum atomic E-state index is 5.71. The number of benzene rings is 2. The molecule has 22 heavy (non-hydrogen) atoms. The molecule has 0 aliphatic heterocycles. The number of hydrogen-bond donors (Lipinski definition) is 2. The van der Waals surface area contributed by atoms with Gasteiger partial charge in [-0.3, -0.25) is 0 Å². The Morgan fingerprint density at radius 3 is 2.09 bits per heavy atom. The van der Waals surface area contributed by atoms with Crippen molar-refractivity contribution in [3.63, 3.8) is 0 Å². The SMILES string of the molecule is NCc1cccc(-c2ccnc(-c3cccc(CN)c3)n2)c1. The molecule has 0 atom stereocenters. The minimum atomic E-state index is 0.506. The maximum absolute atomic E-state index is 5.71. The smallest absolute Gasteiger partial charge is 0.159 e. The molecular formula is C18H18N4. The van der Waals surface area contributed by atoms with E-state index in [1.165, 1.54) is 0 Å². The highest BCUT2D eigenvalue weighted by Gasteiger charge is 2.06. The average molecular weight is 290 g/mol. The lowest BCUT2D eigenvalue weighted by atomic mass is 10.1. The van der Waals surface area contributed by atoms with Gasteiger partial charge >= 0.3 is 0 Å². The molecule has 1 aromatic heterocycles. The summed E-state index contributed by atoms with van der Waals surface area (Å²) < 4.78 is 0. The Morgan fingerprint density at radius 2 is 1.41 bits per heavy atom. The largest absolute Gasteiger partial charge is 0.326 e. The van der Waals surface area contributed by atoms with Crippen LogP contribution >= 0.6 is 0 Å². The van der Waals surface area contributed by atoms with E-state index < -0.39 is 0 Å². The lowest BCUT2D eigenvalue weighted by Gasteiger charge is -2.06. The van der Waals surface area contributed by atoms with Crippen molar-refractivity contribution < 1.29 is 0 Å². The summed E-state index contributed by atoms with van der Waals surface area (Å²) in [6, 6.07) is 18.0. The molecular weight excluding hydrogens is 272 g/mol. The van der Waals surface area contributed by atoms with Crippen LogP contribution in [0.5, 0.6) is 0 Å². The van der Waals surface area contributed by atoms with Crippen molar-refractivity contribution in [1.82, 2.24) is 9.97 Å². The van der Waals surface area contributed by atoms with Gasteiger partial charge < -0.3 is 11.5 Å². The third kappa shape index (κ3) is 3.03. The quantitative estimate of drug-likeness (QED) is 0.774. The third-order valence-electron chi connectivity index (χ3n) is 3.53. The second kappa shape index (κ2) is 6.47. The highest BCUT2D eigenvalue weighted by Crippen LogP contribution is 2.22. The van der Waals surface area contributed by atoms with E-state index in [2.05, 4.69) is 16.0 Å². The summed E-state index contributed by atoms with van der Waals surface area (Å²) in [5.74, 6) is 0.700. The van der Waals surface area contributed by atoms with E-state index in [0.29, 0.717) is 18.9 Å². The van der Waals surface area contributed by atoms with Gasteiger partial charge in [0.2, 0.25) is 0 Å². The van der Waals surface area contributed by atoms with E-state index in [4.69, 9.17) is 11.5 Å². The van der Waals surface area contributed by atoms with E-state index in [1.54, 1.807) is 6.20 Å². The van der Waals surface area contributed by atoms with Crippen molar-refractivity contribution >= 4 is 0 Å². The molecule has 0 aliphatic rings. The Labute approximate surface area is 129 Å². The van der Waals surface area contributed by atoms with Gasteiger partial charge in [0, 0.05) is 30.4 Å². The summed E-state index contributed by atoms with van der Waals surface area (Å²) in [5, 5.41) is 0. The van der Waals surface area contributed by atoms with Crippen LogP contribution in [-0.4, -0.2) is 9.97 Å². The zero-order chi connectivity index (χ0) is 15.4. The molecule has 0 saturated carbocycles. The van der Waals surface area contributed by atoms with Crippen LogP contribution in [0.25, 0.3) is 22.6 Å². The predicted molar refractivity (Wildman–Crippen MR) is 88.7 cm³/mol. The van der Waals surface area contributed by atoms with E-state index in [9.17, 15) is 0 Å². The Bertz CT molecular complexity index is 721. The molecule has 0 unspecified atom stereocenters. The van der Waals surface area contributed by atoms with Gasteiger partial charge in [0.1, 0.15) is 0 Å². The highest BCUT2D eigenvalue weighted by molar-refractivity contribution is 5.64. The van der Waals surface area contributed by atoms with Gasteiger partial charge in [-0.2, -0.15) is 0 Å². The zero-order valence-electron chi connectivity index (χ0n) is 12.2. The van der Waals surface area contributed by atoms with Gasteiger partial charge in [-0.15, -0.1) is 0 Å². The number of aromatic nitrogens is 2. The molecule has 4 N–H and O–H groups in total. The van der Waals surface area contributed by atoms with Crippen LogP contribution in [-0.2, 0) is 13.1 Å². The van der Waals surface area contributed by atoms with E-state index >= 15 is 0 Å². The topological polar surface area (TPSA) is 77.8 Å². The van der Waals surface area contributed by atoms with Crippen molar-refractivity contribution in [3.05, 3.63) is 71.9 Å². The summed E-state index contributed by atoms with van der Waals surface area (Å²) in [7, 11) is 0. The first-order valence-corrected chi connectivity index (χ1v) is 7.22. The maximum Gasteiger partial charge on any atom is 0.159 e. The first kappa shape index (κ1) is 14.4. The lowest BCUT2D eigenvalue weighted by Crippen LogP contribution is -1.98. The monoisotopic (exact) mass is 290 g/mol. The molecule has 0 saturated heterocycles. The molecule has 3 rings (SSSR count). The Hall–Kier alpha value is -2.56. The van der Waals surface area contributed by atoms with Crippen molar-refractivity contribution in [3.8, 4) is 22.6 Å². The number of nitrogens with zero attached hydrogens (tertiary/aromatic N) is 2. The summed E-state index contributed by atoms with van der Waals surface area (Å²) in [5.41, 5.74) is 16.5. The number of hydrogen-bond acceptors (Lipinski definition) is 4. The van der Waals surface area contributed by atoms with Crippen LogP contribution in [0.4, 0.5) is 0 Å². The number of rotatable bonds is 4. The fraction of sp³-hybridized carbons (Fsp3) is 0.111. The van der Waals surface area contributed by atoms with Crippen molar-refractivity contribution in [1.29, 1.82) is 0 Å². The van der Waals surface area contributed by atoms with E-state index in [1.807, 2.05) is 48.5 Å². The molecule has 0 amide bonds. The van der Waals surface area contributed by atoms with Gasteiger partial charge in [-0.05, 0) is 29.3 Å². The molecule has 4 nitrogen and oxygen atoms in total. The molecule has 2 aromatic carbocycles. The first-order valence-electron chi connectivity index (χ1n) is 7.22. The molecule has 0 bridgehead atoms. The average Bonchev–Trinajstić information content (AvgIpc) is 2.62. The lowest BCUT2D eigenvalue weighted by molar-refractivity contribution is 1.07. The summed E-state index contributed by atoms with van der Waals surface area (Å²) in [6.45, 7) is 1.02. The van der Waals surface area contributed by atoms with Crippen LogP contribution in [0.1, 0.15) is 11.1 Å². The van der Waals surface area contributed by atoms with Crippen molar-refractivity contribution in [2.24, 2.45) is 11.5 Å². The van der Waals surface area contributed by atoms with Gasteiger partial charge in [0.05, 0.1) is 5.69 Å². The zero-order valence-corrected chi connectivity index (χ0v) is 12.2. The molecule has 1 heterocycles. The number of nitrogens with two attached hydrogens (primary N) is 2. The summed E-state index contributed by atoms with van der Waals surface area (Å²) in [6.07, 6.45) is 1.78. The summed E-state index contributed by atoms with van der Waals surface area (Å²) >= 11 is 0. The molecule has 110 valence electrons. The van der Waals surface area contributed by atoms with Crippen LogP contribution in [0.2, 0.25) is 0 Å². The Kier molecular flexibility index (Phi) is 4.23. The van der Waals surface area contributed by atoms with Crippen molar-refractivity contribution in [2.75, 3.05) is 0 Å². The Balaban J connectivity index is 2.01. The summed E-state index contributed by atoms with van der Waals surface area (Å²) in [4.78, 5) is 9.05. The highest BCUT2D eigenvalue weighted by atomic mass is 14.9. The van der Waals surface area contributed by atoms with Crippen LogP contribution in [0.3, 0.4) is 0 Å². The van der Waals surface area contributed by atoms with Gasteiger partial charge in [-0.25, -0.2) is 9.97 Å². The molecule has 4 heteroatoms. The molecule has 3 aromatic rings. The fourth-order valence-electron chi connectivity index (χ4n) is 2.35. The minimum absolute atomic E-state index is 0.506.